The van der Waals surface area contributed by atoms with Crippen molar-refractivity contribution in [3.63, 3.8) is 0 Å². The number of benzene rings is 2. The smallest absolute Gasteiger partial charge is 0.408 e. The van der Waals surface area contributed by atoms with Crippen LogP contribution in [0.15, 0.2) is 60.7 Å². The zero-order chi connectivity index (χ0) is 30.5. The minimum atomic E-state index is -1.05. The van der Waals surface area contributed by atoms with Gasteiger partial charge >= 0.3 is 24.1 Å². The summed E-state index contributed by atoms with van der Waals surface area (Å²) in [5.74, 6) is -1.30. The van der Waals surface area contributed by atoms with Gasteiger partial charge < -0.3 is 29.6 Å². The molecule has 2 unspecified atom stereocenters. The molecule has 0 aliphatic carbocycles. The zero-order valence-corrected chi connectivity index (χ0v) is 24.7. The number of esters is 2. The Bertz CT molecular complexity index is 1030. The molecule has 0 aliphatic heterocycles. The van der Waals surface area contributed by atoms with E-state index in [0.717, 1.165) is 11.1 Å². The highest BCUT2D eigenvalue weighted by atomic mass is 16.6. The number of amides is 2. The van der Waals surface area contributed by atoms with E-state index in [2.05, 4.69) is 10.6 Å². The van der Waals surface area contributed by atoms with E-state index in [1.807, 2.05) is 60.7 Å². The maximum atomic E-state index is 12.9. The molecule has 224 valence electrons. The van der Waals surface area contributed by atoms with Gasteiger partial charge in [-0.3, -0.25) is 0 Å². The minimum absolute atomic E-state index is 0.0286. The Balaban J connectivity index is 2.07. The number of ether oxygens (including phenoxy) is 4. The largest absolute Gasteiger partial charge is 0.459 e. The monoisotopic (exact) mass is 570 g/mol. The number of rotatable bonds is 12. The SMILES string of the molecule is CC(C)(C)OC(=O)NC(CCCC(NC(=O)OC(C)(C)C)C(=O)OCc1ccccc1)C(=O)OCc1ccccc1. The van der Waals surface area contributed by atoms with Crippen molar-refractivity contribution in [3.8, 4) is 0 Å². The lowest BCUT2D eigenvalue weighted by Crippen LogP contribution is -2.46. The quantitative estimate of drug-likeness (QED) is 0.255. The van der Waals surface area contributed by atoms with Gasteiger partial charge in [-0.05, 0) is 71.9 Å². The molecule has 0 aromatic heterocycles. The van der Waals surface area contributed by atoms with E-state index in [1.54, 1.807) is 41.5 Å². The van der Waals surface area contributed by atoms with Gasteiger partial charge in [-0.25, -0.2) is 19.2 Å². The van der Waals surface area contributed by atoms with Gasteiger partial charge in [0, 0.05) is 0 Å². The number of carbonyl (C=O) groups is 4. The van der Waals surface area contributed by atoms with E-state index in [-0.39, 0.29) is 32.5 Å². The molecule has 2 atom stereocenters. The van der Waals surface area contributed by atoms with Crippen LogP contribution in [0.25, 0.3) is 0 Å². The van der Waals surface area contributed by atoms with E-state index in [4.69, 9.17) is 18.9 Å². The fraction of sp³-hybridized carbons (Fsp3) is 0.484. The first-order chi connectivity index (χ1) is 19.2. The Hall–Kier alpha value is -4.08. The molecule has 41 heavy (non-hydrogen) atoms. The second-order valence-electron chi connectivity index (χ2n) is 11.5. The van der Waals surface area contributed by atoms with Crippen molar-refractivity contribution in [1.29, 1.82) is 0 Å². The fourth-order valence-electron chi connectivity index (χ4n) is 3.58. The van der Waals surface area contributed by atoms with Gasteiger partial charge in [0.2, 0.25) is 0 Å². The Kier molecular flexibility index (Phi) is 12.6. The Labute approximate surface area is 242 Å². The molecule has 2 amide bonds. The van der Waals surface area contributed by atoms with Gasteiger partial charge in [-0.2, -0.15) is 0 Å². The summed E-state index contributed by atoms with van der Waals surface area (Å²) in [6.07, 6.45) is -1.06. The second kappa shape index (κ2) is 15.6. The van der Waals surface area contributed by atoms with Crippen molar-refractivity contribution in [1.82, 2.24) is 10.6 Å². The van der Waals surface area contributed by atoms with Crippen LogP contribution in [-0.4, -0.2) is 47.4 Å². The molecule has 0 radical (unpaired) electrons. The van der Waals surface area contributed by atoms with E-state index < -0.39 is 47.4 Å². The predicted octanol–water partition coefficient (Wildman–Crippen LogP) is 5.43. The van der Waals surface area contributed by atoms with Crippen molar-refractivity contribution >= 4 is 24.1 Å². The summed E-state index contributed by atoms with van der Waals surface area (Å²) in [6, 6.07) is 16.2. The number of carbonyl (C=O) groups excluding carboxylic acids is 4. The Morgan fingerprint density at radius 1 is 0.610 bits per heavy atom. The molecule has 10 heteroatoms. The first-order valence-electron chi connectivity index (χ1n) is 13.6. The molecule has 2 aromatic carbocycles. The number of hydrogen-bond acceptors (Lipinski definition) is 8. The topological polar surface area (TPSA) is 129 Å². The normalized spacial score (nSPS) is 12.8. The summed E-state index contributed by atoms with van der Waals surface area (Å²) in [5, 5.41) is 5.13. The summed E-state index contributed by atoms with van der Waals surface area (Å²) >= 11 is 0. The minimum Gasteiger partial charge on any atom is -0.459 e. The average Bonchev–Trinajstić information content (AvgIpc) is 2.88. The Morgan fingerprint density at radius 2 is 0.951 bits per heavy atom. The highest BCUT2D eigenvalue weighted by Crippen LogP contribution is 2.14. The standard InChI is InChI=1S/C31H42N2O8/c1-30(2,3)40-28(36)32-24(26(34)38-20-22-14-9-7-10-15-22)18-13-19-25(33-29(37)41-31(4,5)6)27(35)39-21-23-16-11-8-12-17-23/h7-12,14-17,24-25H,13,18-21H2,1-6H3,(H,32,36)(H,33,37). The van der Waals surface area contributed by atoms with Crippen molar-refractivity contribution in [2.75, 3.05) is 0 Å². The third kappa shape index (κ3) is 14.2. The van der Waals surface area contributed by atoms with Crippen LogP contribution in [0.5, 0.6) is 0 Å². The van der Waals surface area contributed by atoms with Crippen LogP contribution in [0.3, 0.4) is 0 Å². The van der Waals surface area contributed by atoms with E-state index in [0.29, 0.717) is 0 Å². The second-order valence-corrected chi connectivity index (χ2v) is 11.5. The first kappa shape index (κ1) is 33.1. The molecule has 0 bridgehead atoms. The number of alkyl carbamates (subject to hydrolysis) is 2. The lowest BCUT2D eigenvalue weighted by molar-refractivity contribution is -0.147. The van der Waals surface area contributed by atoms with Crippen LogP contribution in [0.2, 0.25) is 0 Å². The molecule has 0 heterocycles. The van der Waals surface area contributed by atoms with Crippen LogP contribution in [0, 0.1) is 0 Å². The van der Waals surface area contributed by atoms with Crippen molar-refractivity contribution < 1.29 is 38.1 Å². The van der Waals surface area contributed by atoms with Gasteiger partial charge in [0.05, 0.1) is 0 Å². The highest BCUT2D eigenvalue weighted by molar-refractivity contribution is 5.82. The van der Waals surface area contributed by atoms with Crippen molar-refractivity contribution in [2.45, 2.75) is 97.3 Å². The van der Waals surface area contributed by atoms with Crippen LogP contribution < -0.4 is 10.6 Å². The third-order valence-electron chi connectivity index (χ3n) is 5.38. The number of nitrogens with one attached hydrogen (secondary N) is 2. The molecule has 0 saturated carbocycles. The van der Waals surface area contributed by atoms with Gasteiger partial charge in [-0.15, -0.1) is 0 Å². The van der Waals surface area contributed by atoms with Gasteiger partial charge in [0.1, 0.15) is 36.5 Å². The third-order valence-corrected chi connectivity index (χ3v) is 5.38. The Morgan fingerprint density at radius 3 is 1.27 bits per heavy atom. The summed E-state index contributed by atoms with van der Waals surface area (Å²) in [7, 11) is 0. The number of hydrogen-bond donors (Lipinski definition) is 2. The molecule has 0 saturated heterocycles. The van der Waals surface area contributed by atoms with Crippen LogP contribution >= 0.6 is 0 Å². The molecule has 0 spiro atoms. The average molecular weight is 571 g/mol. The summed E-state index contributed by atoms with van der Waals surface area (Å²) in [6.45, 7) is 10.3. The zero-order valence-electron chi connectivity index (χ0n) is 24.7. The van der Waals surface area contributed by atoms with Crippen LogP contribution in [0.4, 0.5) is 9.59 Å². The summed E-state index contributed by atoms with van der Waals surface area (Å²) in [4.78, 5) is 50.8. The molecular weight excluding hydrogens is 528 g/mol. The van der Waals surface area contributed by atoms with E-state index in [9.17, 15) is 19.2 Å². The van der Waals surface area contributed by atoms with Gasteiger partial charge in [0.15, 0.2) is 0 Å². The summed E-state index contributed by atoms with van der Waals surface area (Å²) < 4.78 is 21.5. The van der Waals surface area contributed by atoms with E-state index >= 15 is 0 Å². The lowest BCUT2D eigenvalue weighted by Gasteiger charge is -2.24. The molecule has 0 aliphatic rings. The molecular formula is C31H42N2O8. The van der Waals surface area contributed by atoms with Crippen LogP contribution in [-0.2, 0) is 41.8 Å². The van der Waals surface area contributed by atoms with Crippen molar-refractivity contribution in [2.24, 2.45) is 0 Å². The predicted molar refractivity (Wildman–Crippen MR) is 153 cm³/mol. The highest BCUT2D eigenvalue weighted by Gasteiger charge is 2.29. The van der Waals surface area contributed by atoms with Gasteiger partial charge in [-0.1, -0.05) is 60.7 Å². The first-order valence-corrected chi connectivity index (χ1v) is 13.6. The fourth-order valence-corrected chi connectivity index (χ4v) is 3.58. The molecule has 2 rings (SSSR count). The maximum absolute atomic E-state index is 12.9. The van der Waals surface area contributed by atoms with E-state index in [1.165, 1.54) is 0 Å². The maximum Gasteiger partial charge on any atom is 0.408 e. The van der Waals surface area contributed by atoms with Gasteiger partial charge in [0.25, 0.3) is 0 Å². The molecule has 10 nitrogen and oxygen atoms in total. The van der Waals surface area contributed by atoms with Crippen LogP contribution in [0.1, 0.15) is 71.9 Å². The summed E-state index contributed by atoms with van der Waals surface area (Å²) in [5.41, 5.74) is 0.0421. The lowest BCUT2D eigenvalue weighted by atomic mass is 10.1. The molecule has 2 N–H and O–H groups in total. The molecule has 0 fully saturated rings. The molecule has 2 aromatic rings. The van der Waals surface area contributed by atoms with Crippen molar-refractivity contribution in [3.05, 3.63) is 71.8 Å².